The number of hydrogen-bond acceptors (Lipinski definition) is 3. The molecule has 0 aliphatic heterocycles. The van der Waals surface area contributed by atoms with E-state index in [9.17, 15) is 17.6 Å². The summed E-state index contributed by atoms with van der Waals surface area (Å²) in [6.45, 7) is 1.41. The van der Waals surface area contributed by atoms with Gasteiger partial charge in [0.2, 0.25) is 15.9 Å². The van der Waals surface area contributed by atoms with Crippen molar-refractivity contribution in [2.75, 3.05) is 5.32 Å². The number of carbonyl (C=O) groups excluding carboxylic acids is 1. The van der Waals surface area contributed by atoms with Crippen molar-refractivity contribution in [3.05, 3.63) is 60.4 Å². The fourth-order valence-electron chi connectivity index (χ4n) is 1.77. The van der Waals surface area contributed by atoms with Crippen LogP contribution in [0.1, 0.15) is 6.92 Å². The zero-order valence-corrected chi connectivity index (χ0v) is 12.6. The predicted octanol–water partition coefficient (Wildman–Crippen LogP) is 2.13. The van der Waals surface area contributed by atoms with Crippen LogP contribution in [0.2, 0.25) is 0 Å². The summed E-state index contributed by atoms with van der Waals surface area (Å²) < 4.78 is 39.5. The van der Waals surface area contributed by atoms with Gasteiger partial charge >= 0.3 is 0 Å². The summed E-state index contributed by atoms with van der Waals surface area (Å²) >= 11 is 0. The predicted molar refractivity (Wildman–Crippen MR) is 81.3 cm³/mol. The van der Waals surface area contributed by atoms with E-state index in [-0.39, 0.29) is 10.6 Å². The van der Waals surface area contributed by atoms with E-state index in [1.165, 1.54) is 37.3 Å². The van der Waals surface area contributed by atoms with Crippen LogP contribution in [0.5, 0.6) is 0 Å². The first-order valence-corrected chi connectivity index (χ1v) is 8.00. The molecule has 2 rings (SSSR count). The zero-order chi connectivity index (χ0) is 16.2. The number of hydrogen-bond donors (Lipinski definition) is 2. The standard InChI is InChI=1S/C15H15FN2O3S/c1-11(15(19)17-13-7-5-6-12(16)10-13)18-22(20,21)14-8-3-2-4-9-14/h2-11,18H,1H3,(H,17,19)/t11-/m0/s1. The number of nitrogens with one attached hydrogen (secondary N) is 2. The Morgan fingerprint density at radius 1 is 1.09 bits per heavy atom. The first-order chi connectivity index (χ1) is 10.4. The van der Waals surface area contributed by atoms with E-state index in [1.807, 2.05) is 0 Å². The van der Waals surface area contributed by atoms with Gasteiger partial charge in [-0.05, 0) is 37.3 Å². The minimum atomic E-state index is -3.79. The fourth-order valence-corrected chi connectivity index (χ4v) is 2.99. The molecule has 0 fully saturated rings. The molecule has 0 saturated carbocycles. The second kappa shape index (κ2) is 6.67. The molecular formula is C15H15FN2O3S. The summed E-state index contributed by atoms with van der Waals surface area (Å²) in [6.07, 6.45) is 0. The van der Waals surface area contributed by atoms with Crippen molar-refractivity contribution in [1.29, 1.82) is 0 Å². The van der Waals surface area contributed by atoms with E-state index >= 15 is 0 Å². The van der Waals surface area contributed by atoms with Gasteiger partial charge in [-0.1, -0.05) is 24.3 Å². The maximum Gasteiger partial charge on any atom is 0.242 e. The lowest BCUT2D eigenvalue weighted by atomic mass is 10.3. The summed E-state index contributed by atoms with van der Waals surface area (Å²) in [4.78, 5) is 12.0. The molecule has 5 nitrogen and oxygen atoms in total. The zero-order valence-electron chi connectivity index (χ0n) is 11.8. The number of halogens is 1. The van der Waals surface area contributed by atoms with Gasteiger partial charge in [0.05, 0.1) is 10.9 Å². The van der Waals surface area contributed by atoms with E-state index in [0.717, 1.165) is 6.07 Å². The van der Waals surface area contributed by atoms with Crippen molar-refractivity contribution in [3.63, 3.8) is 0 Å². The maximum absolute atomic E-state index is 13.0. The SMILES string of the molecule is C[C@H](NS(=O)(=O)c1ccccc1)C(=O)Nc1cccc(F)c1. The smallest absolute Gasteiger partial charge is 0.242 e. The molecule has 0 unspecified atom stereocenters. The van der Waals surface area contributed by atoms with Gasteiger partial charge in [0.25, 0.3) is 0 Å². The third kappa shape index (κ3) is 4.12. The van der Waals surface area contributed by atoms with Gasteiger partial charge in [-0.2, -0.15) is 4.72 Å². The summed E-state index contributed by atoms with van der Waals surface area (Å²) in [5, 5.41) is 2.45. The largest absolute Gasteiger partial charge is 0.325 e. The molecule has 2 aromatic carbocycles. The molecule has 2 aromatic rings. The van der Waals surface area contributed by atoms with E-state index < -0.39 is 27.8 Å². The highest BCUT2D eigenvalue weighted by Gasteiger charge is 2.21. The highest BCUT2D eigenvalue weighted by molar-refractivity contribution is 7.89. The van der Waals surface area contributed by atoms with Gasteiger partial charge in [-0.15, -0.1) is 0 Å². The first-order valence-electron chi connectivity index (χ1n) is 6.52. The van der Waals surface area contributed by atoms with E-state index in [1.54, 1.807) is 18.2 Å². The van der Waals surface area contributed by atoms with E-state index in [2.05, 4.69) is 10.0 Å². The van der Waals surface area contributed by atoms with Crippen LogP contribution >= 0.6 is 0 Å². The lowest BCUT2D eigenvalue weighted by Crippen LogP contribution is -2.41. The second-order valence-electron chi connectivity index (χ2n) is 4.66. The van der Waals surface area contributed by atoms with Crippen LogP contribution in [0.3, 0.4) is 0 Å². The van der Waals surface area contributed by atoms with Gasteiger partial charge in [0.1, 0.15) is 5.82 Å². The van der Waals surface area contributed by atoms with Crippen molar-refractivity contribution in [2.24, 2.45) is 0 Å². The summed E-state index contributed by atoms with van der Waals surface area (Å²) in [5.74, 6) is -1.07. The lowest BCUT2D eigenvalue weighted by Gasteiger charge is -2.14. The lowest BCUT2D eigenvalue weighted by molar-refractivity contribution is -0.117. The molecule has 0 aromatic heterocycles. The Morgan fingerprint density at radius 2 is 1.77 bits per heavy atom. The highest BCUT2D eigenvalue weighted by atomic mass is 32.2. The van der Waals surface area contributed by atoms with Crippen molar-refractivity contribution in [3.8, 4) is 0 Å². The number of anilines is 1. The van der Waals surface area contributed by atoms with Crippen molar-refractivity contribution >= 4 is 21.6 Å². The van der Waals surface area contributed by atoms with Crippen LogP contribution in [0, 0.1) is 5.82 Å². The van der Waals surface area contributed by atoms with Gasteiger partial charge in [0, 0.05) is 5.69 Å². The second-order valence-corrected chi connectivity index (χ2v) is 6.37. The topological polar surface area (TPSA) is 75.3 Å². The summed E-state index contributed by atoms with van der Waals surface area (Å²) in [6, 6.07) is 12.1. The summed E-state index contributed by atoms with van der Waals surface area (Å²) in [7, 11) is -3.79. The molecule has 0 aliphatic rings. The van der Waals surface area contributed by atoms with Crippen molar-refractivity contribution in [1.82, 2.24) is 4.72 Å². The fraction of sp³-hybridized carbons (Fsp3) is 0.133. The Hall–Kier alpha value is -2.25. The molecule has 1 atom stereocenters. The molecule has 22 heavy (non-hydrogen) atoms. The molecule has 0 heterocycles. The van der Waals surface area contributed by atoms with Crippen LogP contribution < -0.4 is 10.0 Å². The number of rotatable bonds is 5. The van der Waals surface area contributed by atoms with Crippen LogP contribution in [-0.4, -0.2) is 20.4 Å². The van der Waals surface area contributed by atoms with Crippen molar-refractivity contribution in [2.45, 2.75) is 17.9 Å². The van der Waals surface area contributed by atoms with Gasteiger partial charge in [-0.3, -0.25) is 4.79 Å². The molecule has 7 heteroatoms. The summed E-state index contributed by atoms with van der Waals surface area (Å²) in [5.41, 5.74) is 0.260. The minimum absolute atomic E-state index is 0.0698. The molecule has 0 saturated heterocycles. The molecule has 0 radical (unpaired) electrons. The number of carbonyl (C=O) groups is 1. The minimum Gasteiger partial charge on any atom is -0.325 e. The van der Waals surface area contributed by atoms with Crippen LogP contribution in [0.25, 0.3) is 0 Å². The Morgan fingerprint density at radius 3 is 2.41 bits per heavy atom. The number of sulfonamides is 1. The monoisotopic (exact) mass is 322 g/mol. The molecule has 0 aliphatic carbocycles. The third-order valence-corrected chi connectivity index (χ3v) is 4.43. The van der Waals surface area contributed by atoms with Crippen molar-refractivity contribution < 1.29 is 17.6 Å². The molecule has 116 valence electrons. The Kier molecular flexibility index (Phi) is 4.89. The van der Waals surface area contributed by atoms with Crippen LogP contribution in [0.15, 0.2) is 59.5 Å². The third-order valence-electron chi connectivity index (χ3n) is 2.87. The van der Waals surface area contributed by atoms with Gasteiger partial charge in [-0.25, -0.2) is 12.8 Å². The Labute approximate surface area is 128 Å². The number of amides is 1. The van der Waals surface area contributed by atoms with Crippen LogP contribution in [-0.2, 0) is 14.8 Å². The molecule has 1 amide bonds. The quantitative estimate of drug-likeness (QED) is 0.885. The van der Waals surface area contributed by atoms with Crippen LogP contribution in [0.4, 0.5) is 10.1 Å². The molecular weight excluding hydrogens is 307 g/mol. The van der Waals surface area contributed by atoms with E-state index in [4.69, 9.17) is 0 Å². The molecule has 2 N–H and O–H groups in total. The molecule has 0 bridgehead atoms. The Balaban J connectivity index is 2.05. The normalized spacial score (nSPS) is 12.6. The number of benzene rings is 2. The van der Waals surface area contributed by atoms with Gasteiger partial charge < -0.3 is 5.32 Å². The first kappa shape index (κ1) is 16.1. The Bertz CT molecular complexity index is 763. The molecule has 0 spiro atoms. The van der Waals surface area contributed by atoms with E-state index in [0.29, 0.717) is 0 Å². The average molecular weight is 322 g/mol. The maximum atomic E-state index is 13.0. The average Bonchev–Trinajstić information content (AvgIpc) is 2.47. The highest BCUT2D eigenvalue weighted by Crippen LogP contribution is 2.11. The van der Waals surface area contributed by atoms with Gasteiger partial charge in [0.15, 0.2) is 0 Å².